The van der Waals surface area contributed by atoms with Gasteiger partial charge >= 0.3 is 0 Å². The van der Waals surface area contributed by atoms with Crippen molar-refractivity contribution < 1.29 is 4.74 Å². The molecule has 1 aliphatic heterocycles. The van der Waals surface area contributed by atoms with Gasteiger partial charge < -0.3 is 14.2 Å². The number of benzene rings is 1. The van der Waals surface area contributed by atoms with Gasteiger partial charge in [0.25, 0.3) is 0 Å². The molecule has 24 heavy (non-hydrogen) atoms. The molecule has 0 spiro atoms. The van der Waals surface area contributed by atoms with Crippen molar-refractivity contribution in [2.75, 3.05) is 18.6 Å². The lowest BCUT2D eigenvalue weighted by atomic mass is 10.00. The van der Waals surface area contributed by atoms with E-state index in [2.05, 4.69) is 58.8 Å². The second-order valence-electron chi connectivity index (χ2n) is 6.47. The molecule has 1 aromatic carbocycles. The van der Waals surface area contributed by atoms with Crippen molar-refractivity contribution >= 4 is 16.7 Å². The minimum Gasteiger partial charge on any atom is -0.364 e. The molecule has 4 nitrogen and oxygen atoms in total. The van der Waals surface area contributed by atoms with Gasteiger partial charge in [0, 0.05) is 31.3 Å². The summed E-state index contributed by atoms with van der Waals surface area (Å²) in [4.78, 5) is 6.99. The molecular weight excluding hydrogens is 298 g/mol. The van der Waals surface area contributed by atoms with E-state index < -0.39 is 0 Å². The normalized spacial score (nSPS) is 14.2. The van der Waals surface area contributed by atoms with E-state index in [1.54, 1.807) is 7.11 Å². The number of hydrogen-bond acceptors (Lipinski definition) is 3. The smallest absolute Gasteiger partial charge is 0.154 e. The first-order chi connectivity index (χ1) is 11.7. The monoisotopic (exact) mass is 320 g/mol. The maximum absolute atomic E-state index is 5.44. The van der Waals surface area contributed by atoms with Crippen molar-refractivity contribution in [3.8, 4) is 0 Å². The summed E-state index contributed by atoms with van der Waals surface area (Å²) in [6, 6.07) is 10.7. The topological polar surface area (TPSA) is 30.3 Å². The number of methoxy groups -OCH3 is 1. The highest BCUT2D eigenvalue weighted by molar-refractivity contribution is 5.93. The summed E-state index contributed by atoms with van der Waals surface area (Å²) < 4.78 is 7.66. The maximum atomic E-state index is 5.44. The molecular formula is C20H22N3O. The molecule has 1 aliphatic rings. The molecule has 3 heterocycles. The number of hydrogen-bond donors (Lipinski definition) is 0. The second kappa shape index (κ2) is 5.95. The zero-order valence-electron chi connectivity index (χ0n) is 14.5. The third-order valence-electron chi connectivity index (χ3n) is 5.16. The van der Waals surface area contributed by atoms with Crippen LogP contribution in [-0.4, -0.2) is 23.2 Å². The van der Waals surface area contributed by atoms with E-state index in [9.17, 15) is 0 Å². The first kappa shape index (κ1) is 15.2. The molecule has 2 aromatic heterocycles. The van der Waals surface area contributed by atoms with Gasteiger partial charge in [0.1, 0.15) is 6.73 Å². The van der Waals surface area contributed by atoms with Crippen LogP contribution in [0.2, 0.25) is 0 Å². The zero-order chi connectivity index (χ0) is 16.7. The quantitative estimate of drug-likeness (QED) is 0.738. The average Bonchev–Trinajstić information content (AvgIpc) is 2.87. The Morgan fingerprint density at radius 3 is 2.79 bits per heavy atom. The molecule has 0 amide bonds. The summed E-state index contributed by atoms with van der Waals surface area (Å²) in [7, 11) is 1.74. The van der Waals surface area contributed by atoms with E-state index >= 15 is 0 Å². The number of rotatable bonds is 3. The van der Waals surface area contributed by atoms with Crippen LogP contribution in [0.3, 0.4) is 0 Å². The van der Waals surface area contributed by atoms with Crippen molar-refractivity contribution in [3.63, 3.8) is 0 Å². The maximum Gasteiger partial charge on any atom is 0.154 e. The van der Waals surface area contributed by atoms with Crippen LogP contribution >= 0.6 is 0 Å². The molecule has 0 bridgehead atoms. The standard InChI is InChI=1S/C20H22N3O/c1-14-15(2)23(13-24-3)19-18(14)8-10-21-20(19)22-11-9-16-6-4-5-7-17(16)12-22/h4-8H,9,11-13H2,1-3H3. The summed E-state index contributed by atoms with van der Waals surface area (Å²) in [5.74, 6) is 1.01. The Morgan fingerprint density at radius 2 is 2.00 bits per heavy atom. The number of pyridine rings is 1. The van der Waals surface area contributed by atoms with E-state index in [1.807, 2.05) is 6.07 Å². The Balaban J connectivity index is 1.84. The van der Waals surface area contributed by atoms with Crippen LogP contribution in [-0.2, 0) is 24.4 Å². The van der Waals surface area contributed by atoms with Crippen LogP contribution in [0.25, 0.3) is 10.9 Å². The molecule has 0 saturated carbocycles. The molecule has 3 aromatic rings. The molecule has 0 N–H and O–H groups in total. The van der Waals surface area contributed by atoms with Gasteiger partial charge in [-0.3, -0.25) is 0 Å². The van der Waals surface area contributed by atoms with Gasteiger partial charge in [0.05, 0.1) is 11.7 Å². The number of fused-ring (bicyclic) bond motifs is 2. The van der Waals surface area contributed by atoms with Gasteiger partial charge in [0.15, 0.2) is 5.82 Å². The Labute approximate surface area is 142 Å². The van der Waals surface area contributed by atoms with E-state index in [0.717, 1.165) is 30.8 Å². The minimum atomic E-state index is 0.541. The number of anilines is 1. The third kappa shape index (κ3) is 2.29. The van der Waals surface area contributed by atoms with E-state index in [0.29, 0.717) is 6.73 Å². The lowest BCUT2D eigenvalue weighted by Crippen LogP contribution is -2.31. The number of aryl methyl sites for hydroxylation is 1. The van der Waals surface area contributed by atoms with Crippen molar-refractivity contribution in [1.82, 2.24) is 9.55 Å². The summed E-state index contributed by atoms with van der Waals surface area (Å²) in [5.41, 5.74) is 6.50. The Morgan fingerprint density at radius 1 is 1.21 bits per heavy atom. The number of nitrogens with zero attached hydrogens (tertiary/aromatic N) is 3. The molecule has 0 fully saturated rings. The Kier molecular flexibility index (Phi) is 3.77. The highest BCUT2D eigenvalue weighted by atomic mass is 16.5. The SMILES string of the molecule is COCn1c(C)c(C)c2c[c]nc(N3CCc4ccccc4C3)c21. The van der Waals surface area contributed by atoms with Gasteiger partial charge in [-0.2, -0.15) is 0 Å². The predicted molar refractivity (Wildman–Crippen MR) is 96.2 cm³/mol. The molecule has 0 atom stereocenters. The van der Waals surface area contributed by atoms with Crippen LogP contribution in [0.5, 0.6) is 0 Å². The van der Waals surface area contributed by atoms with Crippen molar-refractivity contribution in [2.24, 2.45) is 0 Å². The molecule has 4 rings (SSSR count). The lowest BCUT2D eigenvalue weighted by molar-refractivity contribution is 0.133. The fraction of sp³-hybridized carbons (Fsp3) is 0.350. The van der Waals surface area contributed by atoms with E-state index in [1.165, 1.54) is 27.8 Å². The molecule has 1 radical (unpaired) electrons. The van der Waals surface area contributed by atoms with Gasteiger partial charge in [0.2, 0.25) is 0 Å². The number of ether oxygens (including phenoxy) is 1. The van der Waals surface area contributed by atoms with Crippen LogP contribution in [0.4, 0.5) is 5.82 Å². The molecule has 123 valence electrons. The van der Waals surface area contributed by atoms with Crippen molar-refractivity contribution in [3.05, 3.63) is 58.9 Å². The minimum absolute atomic E-state index is 0.541. The highest BCUT2D eigenvalue weighted by Crippen LogP contribution is 2.33. The largest absolute Gasteiger partial charge is 0.364 e. The summed E-state index contributed by atoms with van der Waals surface area (Å²) in [6.07, 6.45) is 4.16. The predicted octanol–water partition coefficient (Wildman–Crippen LogP) is 3.62. The molecule has 4 heteroatoms. The van der Waals surface area contributed by atoms with Crippen LogP contribution in [0.1, 0.15) is 22.4 Å². The van der Waals surface area contributed by atoms with Crippen LogP contribution < -0.4 is 4.90 Å². The summed E-state index contributed by atoms with van der Waals surface area (Å²) in [5, 5.41) is 1.22. The Hall–Kier alpha value is -2.33. The van der Waals surface area contributed by atoms with Crippen LogP contribution in [0, 0.1) is 20.0 Å². The average molecular weight is 320 g/mol. The van der Waals surface area contributed by atoms with Gasteiger partial charge in [-0.25, -0.2) is 4.98 Å². The molecule has 0 aliphatic carbocycles. The first-order valence-electron chi connectivity index (χ1n) is 8.38. The summed E-state index contributed by atoms with van der Waals surface area (Å²) >= 11 is 0. The number of aromatic nitrogens is 2. The summed E-state index contributed by atoms with van der Waals surface area (Å²) in [6.45, 7) is 6.72. The van der Waals surface area contributed by atoms with Crippen molar-refractivity contribution in [1.29, 1.82) is 0 Å². The fourth-order valence-corrected chi connectivity index (χ4v) is 3.70. The second-order valence-corrected chi connectivity index (χ2v) is 6.47. The molecule has 0 unspecified atom stereocenters. The zero-order valence-corrected chi connectivity index (χ0v) is 14.5. The lowest BCUT2D eigenvalue weighted by Gasteiger charge is -2.30. The van der Waals surface area contributed by atoms with Crippen molar-refractivity contribution in [2.45, 2.75) is 33.5 Å². The molecule has 0 saturated heterocycles. The Bertz CT molecular complexity index is 897. The highest BCUT2D eigenvalue weighted by Gasteiger charge is 2.22. The first-order valence-corrected chi connectivity index (χ1v) is 8.38. The fourth-order valence-electron chi connectivity index (χ4n) is 3.70. The van der Waals surface area contributed by atoms with E-state index in [-0.39, 0.29) is 0 Å². The van der Waals surface area contributed by atoms with Gasteiger partial charge in [-0.1, -0.05) is 24.3 Å². The van der Waals surface area contributed by atoms with Gasteiger partial charge in [-0.05, 0) is 43.0 Å². The van der Waals surface area contributed by atoms with Gasteiger partial charge in [-0.15, -0.1) is 0 Å². The third-order valence-corrected chi connectivity index (χ3v) is 5.16. The van der Waals surface area contributed by atoms with Crippen LogP contribution in [0.15, 0.2) is 30.3 Å². The van der Waals surface area contributed by atoms with E-state index in [4.69, 9.17) is 4.74 Å².